The summed E-state index contributed by atoms with van der Waals surface area (Å²) in [6.07, 6.45) is 0.943. The Morgan fingerprint density at radius 1 is 1.02 bits per heavy atom. The van der Waals surface area contributed by atoms with E-state index in [9.17, 15) is 28.8 Å². The fourth-order valence-electron chi connectivity index (χ4n) is 4.83. The highest BCUT2D eigenvalue weighted by molar-refractivity contribution is 6.36. The SMILES string of the molecule is CC[C@H](C)[C@H](NC(=O)N[C@H](C(=O)N1C[C@H](C(C)C)C[C@H]1C(=O)NCC(=O)C(N)=O)C(C)(C)C)C(=O)OCc1ccccc1. The number of urea groups is 1. The number of hydrogen-bond acceptors (Lipinski definition) is 7. The van der Waals surface area contributed by atoms with Gasteiger partial charge in [-0.1, -0.05) is 85.2 Å². The largest absolute Gasteiger partial charge is 0.459 e. The molecule has 12 nitrogen and oxygen atoms in total. The Morgan fingerprint density at radius 3 is 2.19 bits per heavy atom. The predicted molar refractivity (Wildman–Crippen MR) is 160 cm³/mol. The molecule has 5 N–H and O–H groups in total. The third kappa shape index (κ3) is 10.1. The van der Waals surface area contributed by atoms with Gasteiger partial charge in [0.15, 0.2) is 0 Å². The van der Waals surface area contributed by atoms with E-state index < -0.39 is 65.6 Å². The maximum absolute atomic E-state index is 14.0. The number of benzene rings is 1. The molecule has 12 heteroatoms. The molecule has 2 rings (SSSR count). The van der Waals surface area contributed by atoms with E-state index in [1.165, 1.54) is 4.90 Å². The zero-order chi connectivity index (χ0) is 32.5. The summed E-state index contributed by atoms with van der Waals surface area (Å²) >= 11 is 0. The summed E-state index contributed by atoms with van der Waals surface area (Å²) in [5.41, 5.74) is 5.03. The van der Waals surface area contributed by atoms with E-state index in [4.69, 9.17) is 10.5 Å². The molecule has 1 saturated heterocycles. The zero-order valence-electron chi connectivity index (χ0n) is 26.3. The maximum atomic E-state index is 14.0. The Hall–Kier alpha value is -3.96. The van der Waals surface area contributed by atoms with Crippen LogP contribution in [0.1, 0.15) is 66.9 Å². The molecule has 1 aromatic carbocycles. The number of nitrogens with one attached hydrogen (secondary N) is 3. The summed E-state index contributed by atoms with van der Waals surface area (Å²) in [5, 5.41) is 7.86. The second-order valence-corrected chi connectivity index (χ2v) is 12.6. The van der Waals surface area contributed by atoms with Crippen molar-refractivity contribution in [2.24, 2.45) is 28.9 Å². The molecule has 5 atom stereocenters. The molecular weight excluding hydrogens is 554 g/mol. The fraction of sp³-hybridized carbons (Fsp3) is 0.613. The molecule has 0 unspecified atom stereocenters. The third-order valence-electron chi connectivity index (χ3n) is 7.93. The second-order valence-electron chi connectivity index (χ2n) is 12.6. The first-order valence-electron chi connectivity index (χ1n) is 14.7. The van der Waals surface area contributed by atoms with Crippen molar-refractivity contribution in [3.8, 4) is 0 Å². The van der Waals surface area contributed by atoms with Crippen LogP contribution >= 0.6 is 0 Å². The van der Waals surface area contributed by atoms with E-state index in [-0.39, 0.29) is 30.9 Å². The number of carbonyl (C=O) groups is 6. The minimum absolute atomic E-state index is 0.00449. The first-order chi connectivity index (χ1) is 20.1. The van der Waals surface area contributed by atoms with Gasteiger partial charge in [-0.2, -0.15) is 0 Å². The number of likely N-dealkylation sites (tertiary alicyclic amines) is 1. The van der Waals surface area contributed by atoms with Crippen molar-refractivity contribution >= 4 is 35.5 Å². The molecule has 0 spiro atoms. The molecule has 0 radical (unpaired) electrons. The van der Waals surface area contributed by atoms with Crippen molar-refractivity contribution in [3.63, 3.8) is 0 Å². The van der Waals surface area contributed by atoms with Gasteiger partial charge in [-0.15, -0.1) is 0 Å². The number of ketones is 1. The van der Waals surface area contributed by atoms with Crippen molar-refractivity contribution in [1.82, 2.24) is 20.9 Å². The number of Topliss-reactive ketones (excluding diaryl/α,β-unsaturated/α-hetero) is 1. The molecule has 1 aromatic rings. The quantitative estimate of drug-likeness (QED) is 0.197. The molecule has 1 heterocycles. The molecular formula is C31H47N5O7. The average molecular weight is 602 g/mol. The molecule has 0 aromatic heterocycles. The fourth-order valence-corrected chi connectivity index (χ4v) is 4.83. The van der Waals surface area contributed by atoms with Crippen LogP contribution in [0.2, 0.25) is 0 Å². The van der Waals surface area contributed by atoms with E-state index in [0.717, 1.165) is 5.56 Å². The number of amides is 5. The summed E-state index contributed by atoms with van der Waals surface area (Å²) in [4.78, 5) is 77.6. The molecule has 0 aliphatic carbocycles. The summed E-state index contributed by atoms with van der Waals surface area (Å²) < 4.78 is 5.49. The van der Waals surface area contributed by atoms with Gasteiger partial charge in [0.05, 0.1) is 6.54 Å². The molecule has 1 aliphatic heterocycles. The molecule has 5 amide bonds. The lowest BCUT2D eigenvalue weighted by molar-refractivity contribution is -0.148. The van der Waals surface area contributed by atoms with Crippen LogP contribution in [0.4, 0.5) is 4.79 Å². The van der Waals surface area contributed by atoms with Crippen LogP contribution in [0.15, 0.2) is 30.3 Å². The Kier molecular flexibility index (Phi) is 12.7. The molecule has 43 heavy (non-hydrogen) atoms. The van der Waals surface area contributed by atoms with Crippen molar-refractivity contribution in [3.05, 3.63) is 35.9 Å². The Labute approximate surface area is 253 Å². The summed E-state index contributed by atoms with van der Waals surface area (Å²) in [7, 11) is 0. The number of hydrogen-bond donors (Lipinski definition) is 4. The van der Waals surface area contributed by atoms with Crippen LogP contribution in [-0.2, 0) is 35.3 Å². The van der Waals surface area contributed by atoms with Gasteiger partial charge in [-0.25, -0.2) is 9.59 Å². The van der Waals surface area contributed by atoms with Gasteiger partial charge in [0.2, 0.25) is 17.6 Å². The highest BCUT2D eigenvalue weighted by Crippen LogP contribution is 2.32. The summed E-state index contributed by atoms with van der Waals surface area (Å²) in [6, 6.07) is 5.55. The first-order valence-corrected chi connectivity index (χ1v) is 14.7. The number of carbonyl (C=O) groups excluding carboxylic acids is 6. The Balaban J connectivity index is 2.21. The van der Waals surface area contributed by atoms with Gasteiger partial charge < -0.3 is 31.3 Å². The first kappa shape index (κ1) is 35.2. The number of esters is 1. The molecule has 238 valence electrons. The zero-order valence-corrected chi connectivity index (χ0v) is 26.3. The van der Waals surface area contributed by atoms with E-state index in [1.807, 2.05) is 58.0 Å². The van der Waals surface area contributed by atoms with E-state index in [2.05, 4.69) is 16.0 Å². The van der Waals surface area contributed by atoms with Crippen molar-refractivity contribution in [1.29, 1.82) is 0 Å². The van der Waals surface area contributed by atoms with Crippen LogP contribution in [0.5, 0.6) is 0 Å². The lowest BCUT2D eigenvalue weighted by atomic mass is 9.85. The number of ether oxygens (including phenoxy) is 1. The van der Waals surface area contributed by atoms with Crippen LogP contribution in [0.3, 0.4) is 0 Å². The minimum atomic E-state index is -1.16. The summed E-state index contributed by atoms with van der Waals surface area (Å²) in [5.74, 6) is -3.86. The smallest absolute Gasteiger partial charge is 0.329 e. The van der Waals surface area contributed by atoms with E-state index in [1.54, 1.807) is 20.8 Å². The second kappa shape index (κ2) is 15.5. The number of nitrogens with zero attached hydrogens (tertiary/aromatic N) is 1. The van der Waals surface area contributed by atoms with Crippen LogP contribution in [-0.4, -0.2) is 71.6 Å². The average Bonchev–Trinajstić information content (AvgIpc) is 3.41. The Morgan fingerprint density at radius 2 is 1.65 bits per heavy atom. The van der Waals surface area contributed by atoms with Gasteiger partial charge in [-0.3, -0.25) is 19.2 Å². The molecule has 1 aliphatic rings. The van der Waals surface area contributed by atoms with Crippen LogP contribution in [0.25, 0.3) is 0 Å². The highest BCUT2D eigenvalue weighted by atomic mass is 16.5. The van der Waals surface area contributed by atoms with Crippen molar-refractivity contribution in [2.45, 2.75) is 86.0 Å². The van der Waals surface area contributed by atoms with Crippen LogP contribution < -0.4 is 21.7 Å². The predicted octanol–water partition coefficient (Wildman–Crippen LogP) is 1.90. The lowest BCUT2D eigenvalue weighted by Gasteiger charge is -2.36. The van der Waals surface area contributed by atoms with Gasteiger partial charge in [0, 0.05) is 6.54 Å². The number of primary amides is 1. The summed E-state index contributed by atoms with van der Waals surface area (Å²) in [6.45, 7) is 12.8. The molecule has 0 saturated carbocycles. The van der Waals surface area contributed by atoms with E-state index >= 15 is 0 Å². The Bertz CT molecular complexity index is 1160. The topological polar surface area (TPSA) is 177 Å². The van der Waals surface area contributed by atoms with E-state index in [0.29, 0.717) is 12.8 Å². The molecule has 0 bridgehead atoms. The van der Waals surface area contributed by atoms with Gasteiger partial charge >= 0.3 is 12.0 Å². The number of rotatable bonds is 13. The van der Waals surface area contributed by atoms with Crippen molar-refractivity contribution in [2.75, 3.05) is 13.1 Å². The lowest BCUT2D eigenvalue weighted by Crippen LogP contribution is -2.60. The maximum Gasteiger partial charge on any atom is 0.329 e. The molecule has 1 fully saturated rings. The third-order valence-corrected chi connectivity index (χ3v) is 7.93. The van der Waals surface area contributed by atoms with Gasteiger partial charge in [0.1, 0.15) is 24.7 Å². The number of nitrogens with two attached hydrogens (primary N) is 1. The van der Waals surface area contributed by atoms with Gasteiger partial charge in [-0.05, 0) is 35.2 Å². The van der Waals surface area contributed by atoms with Crippen LogP contribution in [0, 0.1) is 23.2 Å². The standard InChI is InChI=1S/C31H47N5O7/c1-8-19(4)24(29(41)43-17-20-12-10-9-11-13-20)34-30(42)35-25(31(5,6)7)28(40)36-16-21(18(2)3)14-22(36)27(39)33-15-23(37)26(32)38/h9-13,18-19,21-22,24-25H,8,14-17H2,1-7H3,(H2,32,38)(H,33,39)(H2,34,35,42)/t19-,21+,22-,24-,25+/m0/s1. The monoisotopic (exact) mass is 601 g/mol. The van der Waals surface area contributed by atoms with Gasteiger partial charge in [0.25, 0.3) is 5.91 Å². The minimum Gasteiger partial charge on any atom is -0.459 e. The highest BCUT2D eigenvalue weighted by Gasteiger charge is 2.45. The van der Waals surface area contributed by atoms with Crippen molar-refractivity contribution < 1.29 is 33.5 Å². The normalized spacial score (nSPS) is 18.7.